The second-order valence-electron chi connectivity index (χ2n) is 7.26. The third-order valence-corrected chi connectivity index (χ3v) is 5.88. The highest BCUT2D eigenvalue weighted by molar-refractivity contribution is 7.92. The molecule has 0 aliphatic rings. The summed E-state index contributed by atoms with van der Waals surface area (Å²) >= 11 is 0. The summed E-state index contributed by atoms with van der Waals surface area (Å²) < 4.78 is 45.0. The van der Waals surface area contributed by atoms with Crippen LogP contribution in [0, 0.1) is 12.7 Å². The van der Waals surface area contributed by atoms with Crippen LogP contribution in [0.3, 0.4) is 0 Å². The summed E-state index contributed by atoms with van der Waals surface area (Å²) in [4.78, 5) is 18.5. The van der Waals surface area contributed by atoms with E-state index in [1.54, 1.807) is 0 Å². The molecule has 0 bridgehead atoms. The first-order valence-electron chi connectivity index (χ1n) is 9.46. The van der Waals surface area contributed by atoms with Crippen molar-refractivity contribution in [1.82, 2.24) is 15.0 Å². The minimum absolute atomic E-state index is 0.0309. The standard InChI is InChI=1S/C21H23FN4O4S/c1-14-8-7-9-16(12-14)20-23-19(30-24-20)13-25(3)21(27)15(2)26(31(4,28)29)18-11-6-5-10-17(18)22/h5-12,15H,13H2,1-4H3/t15-/m0/s1. The molecule has 1 heterocycles. The maximum Gasteiger partial charge on any atom is 0.246 e. The zero-order valence-electron chi connectivity index (χ0n) is 17.6. The SMILES string of the molecule is Cc1cccc(-c2noc(CN(C)C(=O)[C@H](C)N(c3ccccc3F)S(C)(=O)=O)n2)c1. The Morgan fingerprint density at radius 1 is 1.19 bits per heavy atom. The quantitative estimate of drug-likeness (QED) is 0.554. The van der Waals surface area contributed by atoms with Crippen LogP contribution in [0.2, 0.25) is 0 Å². The number of halogens is 1. The topological polar surface area (TPSA) is 96.6 Å². The van der Waals surface area contributed by atoms with Gasteiger partial charge in [-0.2, -0.15) is 4.98 Å². The van der Waals surface area contributed by atoms with E-state index in [1.807, 2.05) is 31.2 Å². The zero-order chi connectivity index (χ0) is 22.8. The molecule has 0 radical (unpaired) electrons. The Balaban J connectivity index is 1.79. The number of aromatic nitrogens is 2. The predicted octanol–water partition coefficient (Wildman–Crippen LogP) is 3.00. The number of sulfonamides is 1. The average Bonchev–Trinajstić information content (AvgIpc) is 3.16. The van der Waals surface area contributed by atoms with Crippen molar-refractivity contribution in [3.63, 3.8) is 0 Å². The number of carbonyl (C=O) groups excluding carboxylic acids is 1. The molecule has 1 amide bonds. The Labute approximate surface area is 180 Å². The van der Waals surface area contributed by atoms with Crippen molar-refractivity contribution in [2.75, 3.05) is 17.6 Å². The Morgan fingerprint density at radius 3 is 2.55 bits per heavy atom. The van der Waals surface area contributed by atoms with Crippen molar-refractivity contribution in [1.29, 1.82) is 0 Å². The Hall–Kier alpha value is -3.27. The largest absolute Gasteiger partial charge is 0.337 e. The molecule has 2 aromatic carbocycles. The zero-order valence-corrected chi connectivity index (χ0v) is 18.4. The lowest BCUT2D eigenvalue weighted by Gasteiger charge is -2.30. The molecule has 0 aliphatic carbocycles. The van der Waals surface area contributed by atoms with E-state index in [4.69, 9.17) is 4.52 Å². The molecule has 31 heavy (non-hydrogen) atoms. The number of carbonyl (C=O) groups is 1. The Morgan fingerprint density at radius 2 is 1.90 bits per heavy atom. The summed E-state index contributed by atoms with van der Waals surface area (Å²) in [6, 6.07) is 11.8. The van der Waals surface area contributed by atoms with Crippen LogP contribution < -0.4 is 4.31 Å². The second-order valence-corrected chi connectivity index (χ2v) is 9.12. The fraction of sp³-hybridized carbons (Fsp3) is 0.286. The number of hydrogen-bond acceptors (Lipinski definition) is 6. The van der Waals surface area contributed by atoms with Crippen LogP contribution in [0.1, 0.15) is 18.4 Å². The lowest BCUT2D eigenvalue weighted by atomic mass is 10.1. The highest BCUT2D eigenvalue weighted by Crippen LogP contribution is 2.25. The van der Waals surface area contributed by atoms with Gasteiger partial charge in [0.25, 0.3) is 0 Å². The van der Waals surface area contributed by atoms with E-state index in [0.717, 1.165) is 27.8 Å². The molecular formula is C21H23FN4O4S. The monoisotopic (exact) mass is 446 g/mol. The van der Waals surface area contributed by atoms with Gasteiger partial charge in [-0.25, -0.2) is 12.8 Å². The van der Waals surface area contributed by atoms with E-state index in [0.29, 0.717) is 5.82 Å². The molecule has 3 rings (SSSR count). The minimum Gasteiger partial charge on any atom is -0.337 e. The van der Waals surface area contributed by atoms with Gasteiger partial charge in [0.05, 0.1) is 18.5 Å². The van der Waals surface area contributed by atoms with E-state index in [9.17, 15) is 17.6 Å². The van der Waals surface area contributed by atoms with E-state index in [2.05, 4.69) is 10.1 Å². The van der Waals surface area contributed by atoms with Crippen molar-refractivity contribution in [2.24, 2.45) is 0 Å². The normalized spacial score (nSPS) is 12.4. The van der Waals surface area contributed by atoms with E-state index in [1.165, 1.54) is 37.1 Å². The molecule has 1 aromatic heterocycles. The maximum absolute atomic E-state index is 14.3. The summed E-state index contributed by atoms with van der Waals surface area (Å²) in [5.41, 5.74) is 1.62. The highest BCUT2D eigenvalue weighted by Gasteiger charge is 2.33. The van der Waals surface area contributed by atoms with Gasteiger partial charge < -0.3 is 9.42 Å². The number of anilines is 1. The summed E-state index contributed by atoms with van der Waals surface area (Å²) in [6.07, 6.45) is 0.926. The van der Waals surface area contributed by atoms with Crippen LogP contribution in [0.4, 0.5) is 10.1 Å². The number of likely N-dealkylation sites (N-methyl/N-ethyl adjacent to an activating group) is 1. The molecule has 0 spiro atoms. The molecule has 3 aromatic rings. The fourth-order valence-electron chi connectivity index (χ4n) is 3.23. The lowest BCUT2D eigenvalue weighted by Crippen LogP contribution is -2.48. The van der Waals surface area contributed by atoms with Gasteiger partial charge in [-0.1, -0.05) is 41.1 Å². The number of aryl methyl sites for hydroxylation is 1. The van der Waals surface area contributed by atoms with Crippen molar-refractivity contribution >= 4 is 21.6 Å². The third-order valence-electron chi connectivity index (χ3n) is 4.65. The molecular weight excluding hydrogens is 423 g/mol. The van der Waals surface area contributed by atoms with Crippen LogP contribution in [-0.4, -0.2) is 48.7 Å². The summed E-state index contributed by atoms with van der Waals surface area (Å²) in [7, 11) is -2.45. The van der Waals surface area contributed by atoms with Crippen molar-refractivity contribution in [2.45, 2.75) is 26.4 Å². The number of benzene rings is 2. The van der Waals surface area contributed by atoms with Gasteiger partial charge in [-0.05, 0) is 32.0 Å². The number of para-hydroxylation sites is 1. The molecule has 10 heteroatoms. The maximum atomic E-state index is 14.3. The predicted molar refractivity (Wildman–Crippen MR) is 114 cm³/mol. The van der Waals surface area contributed by atoms with Crippen LogP contribution >= 0.6 is 0 Å². The molecule has 0 N–H and O–H groups in total. The first-order valence-corrected chi connectivity index (χ1v) is 11.3. The summed E-state index contributed by atoms with van der Waals surface area (Å²) in [6.45, 7) is 3.32. The molecule has 0 aliphatic heterocycles. The van der Waals surface area contributed by atoms with Gasteiger partial charge in [0.2, 0.25) is 27.6 Å². The molecule has 0 unspecified atom stereocenters. The first-order chi connectivity index (χ1) is 14.6. The highest BCUT2D eigenvalue weighted by atomic mass is 32.2. The van der Waals surface area contributed by atoms with Crippen LogP contribution in [0.15, 0.2) is 53.1 Å². The Kier molecular flexibility index (Phi) is 6.40. The summed E-state index contributed by atoms with van der Waals surface area (Å²) in [5.74, 6) is -0.716. The first kappa shape index (κ1) is 22.4. The van der Waals surface area contributed by atoms with Gasteiger partial charge in [-0.3, -0.25) is 9.10 Å². The summed E-state index contributed by atoms with van der Waals surface area (Å²) in [5, 5.41) is 3.94. The molecule has 0 saturated carbocycles. The number of nitrogens with zero attached hydrogens (tertiary/aromatic N) is 4. The van der Waals surface area contributed by atoms with Gasteiger partial charge in [-0.15, -0.1) is 0 Å². The number of hydrogen-bond donors (Lipinski definition) is 0. The van der Waals surface area contributed by atoms with Gasteiger partial charge in [0.15, 0.2) is 0 Å². The second kappa shape index (κ2) is 8.84. The Bertz CT molecular complexity index is 1200. The van der Waals surface area contributed by atoms with Gasteiger partial charge in [0.1, 0.15) is 11.9 Å². The van der Waals surface area contributed by atoms with Crippen molar-refractivity contribution < 1.29 is 22.1 Å². The molecule has 0 saturated heterocycles. The van der Waals surface area contributed by atoms with E-state index < -0.39 is 27.8 Å². The van der Waals surface area contributed by atoms with Crippen LogP contribution in [0.5, 0.6) is 0 Å². The van der Waals surface area contributed by atoms with Crippen LogP contribution in [-0.2, 0) is 21.4 Å². The number of rotatable bonds is 7. The van der Waals surface area contributed by atoms with E-state index >= 15 is 0 Å². The number of amides is 1. The smallest absolute Gasteiger partial charge is 0.246 e. The van der Waals surface area contributed by atoms with Crippen molar-refractivity contribution in [3.8, 4) is 11.4 Å². The molecule has 1 atom stereocenters. The molecule has 164 valence electrons. The van der Waals surface area contributed by atoms with E-state index in [-0.39, 0.29) is 18.1 Å². The molecule has 8 nitrogen and oxygen atoms in total. The minimum atomic E-state index is -3.93. The third kappa shape index (κ3) is 5.08. The fourth-order valence-corrected chi connectivity index (χ4v) is 4.40. The van der Waals surface area contributed by atoms with Gasteiger partial charge >= 0.3 is 0 Å². The van der Waals surface area contributed by atoms with Gasteiger partial charge in [0, 0.05) is 12.6 Å². The molecule has 0 fully saturated rings. The van der Waals surface area contributed by atoms with Crippen LogP contribution in [0.25, 0.3) is 11.4 Å². The van der Waals surface area contributed by atoms with Crippen molar-refractivity contribution in [3.05, 3.63) is 65.8 Å². The lowest BCUT2D eigenvalue weighted by molar-refractivity contribution is -0.131. The average molecular weight is 447 g/mol.